The van der Waals surface area contributed by atoms with Gasteiger partial charge in [0.1, 0.15) is 4.88 Å². The third-order valence-corrected chi connectivity index (χ3v) is 4.74. The maximum atomic E-state index is 12.5. The Morgan fingerprint density at radius 2 is 2.05 bits per heavy atom. The summed E-state index contributed by atoms with van der Waals surface area (Å²) >= 11 is 0.674. The molecule has 0 radical (unpaired) electrons. The molecule has 1 aliphatic rings. The lowest BCUT2D eigenvalue weighted by molar-refractivity contribution is -0.154. The standard InChI is InChI=1S/C13H16F3NO3S/c14-13(15,16)10-2-1-9(21-10)7-17-8-12(11(18)19)3-5-20-6-4-12/h1-2,17H,3-8H2,(H,18,19). The molecule has 1 fully saturated rings. The highest BCUT2D eigenvalue weighted by Crippen LogP contribution is 2.35. The summed E-state index contributed by atoms with van der Waals surface area (Å²) in [6, 6.07) is 2.46. The van der Waals surface area contributed by atoms with E-state index in [1.807, 2.05) is 0 Å². The zero-order chi connectivity index (χ0) is 15.5. The molecule has 0 atom stereocenters. The average molecular weight is 323 g/mol. The van der Waals surface area contributed by atoms with E-state index in [4.69, 9.17) is 4.74 Å². The highest BCUT2D eigenvalue weighted by atomic mass is 32.1. The first-order chi connectivity index (χ1) is 9.83. The van der Waals surface area contributed by atoms with Gasteiger partial charge >= 0.3 is 12.1 Å². The topological polar surface area (TPSA) is 58.6 Å². The number of nitrogens with one attached hydrogen (secondary N) is 1. The van der Waals surface area contributed by atoms with Crippen molar-refractivity contribution < 1.29 is 27.8 Å². The second-order valence-corrected chi connectivity index (χ2v) is 6.23. The van der Waals surface area contributed by atoms with Crippen LogP contribution in [0.3, 0.4) is 0 Å². The first kappa shape index (κ1) is 16.3. The predicted octanol–water partition coefficient (Wildman–Crippen LogP) is 2.74. The minimum Gasteiger partial charge on any atom is -0.481 e. The van der Waals surface area contributed by atoms with Gasteiger partial charge in [0.05, 0.1) is 5.41 Å². The van der Waals surface area contributed by atoms with Crippen molar-refractivity contribution in [1.29, 1.82) is 0 Å². The molecule has 118 valence electrons. The Balaban J connectivity index is 1.91. The van der Waals surface area contributed by atoms with Gasteiger partial charge in [0, 0.05) is 31.2 Å². The van der Waals surface area contributed by atoms with E-state index in [9.17, 15) is 23.1 Å². The van der Waals surface area contributed by atoms with Crippen LogP contribution in [0.2, 0.25) is 0 Å². The van der Waals surface area contributed by atoms with Crippen molar-refractivity contribution in [1.82, 2.24) is 5.32 Å². The smallest absolute Gasteiger partial charge is 0.425 e. The molecule has 21 heavy (non-hydrogen) atoms. The number of carboxylic acid groups (broad SMARTS) is 1. The van der Waals surface area contributed by atoms with Gasteiger partial charge in [-0.05, 0) is 25.0 Å². The summed E-state index contributed by atoms with van der Waals surface area (Å²) < 4.78 is 42.6. The van der Waals surface area contributed by atoms with Crippen LogP contribution in [0.1, 0.15) is 22.6 Å². The zero-order valence-corrected chi connectivity index (χ0v) is 12.0. The number of hydrogen-bond acceptors (Lipinski definition) is 4. The number of ether oxygens (including phenoxy) is 1. The van der Waals surface area contributed by atoms with Crippen LogP contribution >= 0.6 is 11.3 Å². The van der Waals surface area contributed by atoms with Crippen LogP contribution in [0.5, 0.6) is 0 Å². The zero-order valence-electron chi connectivity index (χ0n) is 11.2. The van der Waals surface area contributed by atoms with Gasteiger partial charge in [0.2, 0.25) is 0 Å². The number of carbonyl (C=O) groups is 1. The Kier molecular flexibility index (Phi) is 4.90. The number of halogens is 3. The average Bonchev–Trinajstić information content (AvgIpc) is 2.88. The second kappa shape index (κ2) is 6.33. The van der Waals surface area contributed by atoms with Crippen molar-refractivity contribution in [3.05, 3.63) is 21.9 Å². The van der Waals surface area contributed by atoms with Gasteiger partial charge in [0.15, 0.2) is 0 Å². The van der Waals surface area contributed by atoms with Crippen LogP contribution in [0.25, 0.3) is 0 Å². The molecule has 1 aromatic rings. The summed E-state index contributed by atoms with van der Waals surface area (Å²) in [6.07, 6.45) is -3.51. The molecule has 8 heteroatoms. The lowest BCUT2D eigenvalue weighted by Crippen LogP contribution is -2.44. The molecule has 0 saturated carbocycles. The Hall–Kier alpha value is -1.12. The number of carboxylic acids is 1. The number of aliphatic carboxylic acids is 1. The first-order valence-corrected chi connectivity index (χ1v) is 7.33. The molecular formula is C13H16F3NO3S. The third kappa shape index (κ3) is 3.96. The lowest BCUT2D eigenvalue weighted by atomic mass is 9.80. The Labute approximate surface area is 123 Å². The van der Waals surface area contributed by atoms with Crippen LogP contribution in [-0.4, -0.2) is 30.8 Å². The summed E-state index contributed by atoms with van der Waals surface area (Å²) in [5.41, 5.74) is -0.887. The third-order valence-electron chi connectivity index (χ3n) is 3.61. The second-order valence-electron chi connectivity index (χ2n) is 5.07. The fourth-order valence-electron chi connectivity index (χ4n) is 2.28. The van der Waals surface area contributed by atoms with E-state index in [0.717, 1.165) is 6.07 Å². The van der Waals surface area contributed by atoms with Gasteiger partial charge in [-0.2, -0.15) is 13.2 Å². The van der Waals surface area contributed by atoms with Crippen molar-refractivity contribution in [2.24, 2.45) is 5.41 Å². The highest BCUT2D eigenvalue weighted by molar-refractivity contribution is 7.12. The SMILES string of the molecule is O=C(O)C1(CNCc2ccc(C(F)(F)F)s2)CCOCC1. The minimum absolute atomic E-state index is 0.227. The Morgan fingerprint density at radius 1 is 1.38 bits per heavy atom. The van der Waals surface area contributed by atoms with Crippen molar-refractivity contribution in [3.63, 3.8) is 0 Å². The largest absolute Gasteiger partial charge is 0.481 e. The van der Waals surface area contributed by atoms with Gasteiger partial charge < -0.3 is 15.2 Å². The van der Waals surface area contributed by atoms with E-state index >= 15 is 0 Å². The monoisotopic (exact) mass is 323 g/mol. The summed E-state index contributed by atoms with van der Waals surface area (Å²) in [4.78, 5) is 11.3. The Morgan fingerprint density at radius 3 is 2.57 bits per heavy atom. The van der Waals surface area contributed by atoms with Gasteiger partial charge in [-0.3, -0.25) is 4.79 Å². The van der Waals surface area contributed by atoms with E-state index in [0.29, 0.717) is 42.3 Å². The Bertz CT molecular complexity index is 495. The summed E-state index contributed by atoms with van der Waals surface area (Å²) in [6.45, 7) is 1.25. The molecule has 2 rings (SSSR count). The molecular weight excluding hydrogens is 307 g/mol. The molecule has 1 aromatic heterocycles. The van der Waals surface area contributed by atoms with Crippen molar-refractivity contribution in [2.75, 3.05) is 19.8 Å². The fourth-order valence-corrected chi connectivity index (χ4v) is 3.12. The van der Waals surface area contributed by atoms with E-state index in [1.165, 1.54) is 6.07 Å². The summed E-state index contributed by atoms with van der Waals surface area (Å²) in [5.74, 6) is -0.888. The van der Waals surface area contributed by atoms with E-state index in [-0.39, 0.29) is 13.1 Å². The number of hydrogen-bond donors (Lipinski definition) is 2. The maximum Gasteiger partial charge on any atom is 0.425 e. The quantitative estimate of drug-likeness (QED) is 0.875. The van der Waals surface area contributed by atoms with E-state index in [1.54, 1.807) is 0 Å². The van der Waals surface area contributed by atoms with Crippen LogP contribution in [0.4, 0.5) is 13.2 Å². The van der Waals surface area contributed by atoms with Crippen LogP contribution in [-0.2, 0) is 22.3 Å². The molecule has 1 saturated heterocycles. The molecule has 0 spiro atoms. The lowest BCUT2D eigenvalue weighted by Gasteiger charge is -2.33. The van der Waals surface area contributed by atoms with Crippen molar-refractivity contribution in [2.45, 2.75) is 25.6 Å². The normalized spacial score (nSPS) is 18.6. The molecule has 0 aromatic carbocycles. The van der Waals surface area contributed by atoms with Crippen LogP contribution in [0.15, 0.2) is 12.1 Å². The molecule has 2 heterocycles. The van der Waals surface area contributed by atoms with Gasteiger partial charge in [0.25, 0.3) is 0 Å². The first-order valence-electron chi connectivity index (χ1n) is 6.51. The predicted molar refractivity (Wildman–Crippen MR) is 71.1 cm³/mol. The molecule has 0 amide bonds. The summed E-state index contributed by atoms with van der Waals surface area (Å²) in [5, 5.41) is 12.3. The fraction of sp³-hybridized carbons (Fsp3) is 0.615. The molecule has 0 bridgehead atoms. The number of rotatable bonds is 5. The number of alkyl halides is 3. The molecule has 2 N–H and O–H groups in total. The molecule has 0 unspecified atom stereocenters. The van der Waals surface area contributed by atoms with E-state index < -0.39 is 22.4 Å². The molecule has 1 aliphatic heterocycles. The van der Waals surface area contributed by atoms with Crippen LogP contribution in [0, 0.1) is 5.41 Å². The van der Waals surface area contributed by atoms with Gasteiger partial charge in [-0.1, -0.05) is 0 Å². The van der Waals surface area contributed by atoms with Crippen LogP contribution < -0.4 is 5.32 Å². The molecule has 0 aliphatic carbocycles. The van der Waals surface area contributed by atoms with Crippen molar-refractivity contribution in [3.8, 4) is 0 Å². The number of thiophene rings is 1. The maximum absolute atomic E-state index is 12.5. The van der Waals surface area contributed by atoms with Crippen molar-refractivity contribution >= 4 is 17.3 Å². The minimum atomic E-state index is -4.33. The highest BCUT2D eigenvalue weighted by Gasteiger charge is 2.39. The summed E-state index contributed by atoms with van der Waals surface area (Å²) in [7, 11) is 0. The molecule has 4 nitrogen and oxygen atoms in total. The van der Waals surface area contributed by atoms with E-state index in [2.05, 4.69) is 5.32 Å². The van der Waals surface area contributed by atoms with Gasteiger partial charge in [-0.25, -0.2) is 0 Å². The van der Waals surface area contributed by atoms with Gasteiger partial charge in [-0.15, -0.1) is 11.3 Å².